The van der Waals surface area contributed by atoms with Gasteiger partial charge in [0.15, 0.2) is 0 Å². The summed E-state index contributed by atoms with van der Waals surface area (Å²) >= 11 is 1.78. The highest BCUT2D eigenvalue weighted by Gasteiger charge is 2.12. The number of hydrogen-bond donors (Lipinski definition) is 1. The molecule has 1 atom stereocenters. The van der Waals surface area contributed by atoms with Crippen LogP contribution in [0.25, 0.3) is 0 Å². The van der Waals surface area contributed by atoms with Crippen molar-refractivity contribution in [2.75, 3.05) is 13.7 Å². The molecule has 0 bridgehead atoms. The number of rotatable bonds is 8. The van der Waals surface area contributed by atoms with Crippen LogP contribution in [0.2, 0.25) is 0 Å². The molecule has 0 amide bonds. The molecule has 1 aromatic carbocycles. The van der Waals surface area contributed by atoms with Gasteiger partial charge in [-0.25, -0.2) is 0 Å². The number of hydrogen-bond acceptors (Lipinski definition) is 3. The van der Waals surface area contributed by atoms with Gasteiger partial charge in [-0.1, -0.05) is 26.0 Å². The molecule has 1 N–H and O–H groups in total. The lowest BCUT2D eigenvalue weighted by Crippen LogP contribution is -2.31. The molecule has 0 aliphatic carbocycles. The molecule has 0 aliphatic rings. The first-order chi connectivity index (χ1) is 10.2. The van der Waals surface area contributed by atoms with Crippen LogP contribution in [0.1, 0.15) is 25.0 Å². The minimum Gasteiger partial charge on any atom is -0.497 e. The fraction of sp³-hybridized carbons (Fsp3) is 0.444. The number of nitrogens with one attached hydrogen (secondary N) is 1. The van der Waals surface area contributed by atoms with Crippen molar-refractivity contribution in [2.24, 2.45) is 5.92 Å². The zero-order chi connectivity index (χ0) is 15.1. The van der Waals surface area contributed by atoms with Gasteiger partial charge in [0.2, 0.25) is 0 Å². The van der Waals surface area contributed by atoms with E-state index >= 15 is 0 Å². The lowest BCUT2D eigenvalue weighted by Gasteiger charge is -2.19. The third-order valence-corrected chi connectivity index (χ3v) is 4.31. The number of benzene rings is 1. The molecule has 3 heteroatoms. The van der Waals surface area contributed by atoms with E-state index in [-0.39, 0.29) is 0 Å². The Morgan fingerprint density at radius 1 is 1.14 bits per heavy atom. The van der Waals surface area contributed by atoms with Gasteiger partial charge in [-0.05, 0) is 65.4 Å². The Labute approximate surface area is 132 Å². The largest absolute Gasteiger partial charge is 0.497 e. The first-order valence-corrected chi connectivity index (χ1v) is 8.49. The van der Waals surface area contributed by atoms with Crippen LogP contribution in [-0.4, -0.2) is 19.7 Å². The SMILES string of the molecule is COc1cccc(CC(CNC(C)C)Cc2ccsc2)c1. The summed E-state index contributed by atoms with van der Waals surface area (Å²) in [6.45, 7) is 5.45. The quantitative estimate of drug-likeness (QED) is 0.791. The van der Waals surface area contributed by atoms with Crippen molar-refractivity contribution in [3.63, 3.8) is 0 Å². The first kappa shape index (κ1) is 16.1. The molecule has 0 aliphatic heterocycles. The number of methoxy groups -OCH3 is 1. The van der Waals surface area contributed by atoms with E-state index in [1.807, 2.05) is 6.07 Å². The Bertz CT molecular complexity index is 522. The van der Waals surface area contributed by atoms with Crippen LogP contribution in [0, 0.1) is 5.92 Å². The fourth-order valence-corrected chi connectivity index (χ4v) is 3.18. The molecule has 0 radical (unpaired) electrons. The molecule has 21 heavy (non-hydrogen) atoms. The van der Waals surface area contributed by atoms with Crippen molar-refractivity contribution in [3.8, 4) is 5.75 Å². The monoisotopic (exact) mass is 303 g/mol. The van der Waals surface area contributed by atoms with Crippen molar-refractivity contribution in [1.29, 1.82) is 0 Å². The molecule has 2 rings (SSSR count). The van der Waals surface area contributed by atoms with Gasteiger partial charge < -0.3 is 10.1 Å². The summed E-state index contributed by atoms with van der Waals surface area (Å²) in [4.78, 5) is 0. The number of ether oxygens (including phenoxy) is 1. The summed E-state index contributed by atoms with van der Waals surface area (Å²) in [6.07, 6.45) is 2.20. The fourth-order valence-electron chi connectivity index (χ4n) is 2.49. The third-order valence-electron chi connectivity index (χ3n) is 3.58. The van der Waals surface area contributed by atoms with Gasteiger partial charge in [-0.2, -0.15) is 11.3 Å². The smallest absolute Gasteiger partial charge is 0.119 e. The summed E-state index contributed by atoms with van der Waals surface area (Å²) < 4.78 is 5.33. The zero-order valence-electron chi connectivity index (χ0n) is 13.1. The molecule has 0 saturated carbocycles. The third kappa shape index (κ3) is 5.52. The van der Waals surface area contributed by atoms with E-state index in [0.29, 0.717) is 12.0 Å². The van der Waals surface area contributed by atoms with Gasteiger partial charge in [0.05, 0.1) is 7.11 Å². The second-order valence-electron chi connectivity index (χ2n) is 5.82. The van der Waals surface area contributed by atoms with E-state index < -0.39 is 0 Å². The Morgan fingerprint density at radius 2 is 1.95 bits per heavy atom. The van der Waals surface area contributed by atoms with Crippen LogP contribution in [0.3, 0.4) is 0 Å². The van der Waals surface area contributed by atoms with Crippen LogP contribution in [-0.2, 0) is 12.8 Å². The van der Waals surface area contributed by atoms with Crippen LogP contribution in [0.4, 0.5) is 0 Å². The van der Waals surface area contributed by atoms with Gasteiger partial charge in [0.1, 0.15) is 5.75 Å². The molecule has 0 fully saturated rings. The molecule has 114 valence electrons. The molecule has 2 aromatic rings. The van der Waals surface area contributed by atoms with Gasteiger partial charge in [0.25, 0.3) is 0 Å². The molecular weight excluding hydrogens is 278 g/mol. The van der Waals surface area contributed by atoms with Crippen LogP contribution in [0.15, 0.2) is 41.1 Å². The molecule has 1 aromatic heterocycles. The summed E-state index contributed by atoms with van der Waals surface area (Å²) in [5, 5.41) is 8.00. The average molecular weight is 303 g/mol. The predicted molar refractivity (Wildman–Crippen MR) is 91.3 cm³/mol. The molecule has 0 saturated heterocycles. The summed E-state index contributed by atoms with van der Waals surface area (Å²) in [7, 11) is 1.72. The Kier molecular flexibility index (Phi) is 6.27. The Balaban J connectivity index is 2.02. The second-order valence-corrected chi connectivity index (χ2v) is 6.60. The highest BCUT2D eigenvalue weighted by molar-refractivity contribution is 7.07. The lowest BCUT2D eigenvalue weighted by atomic mass is 9.93. The van der Waals surface area contributed by atoms with E-state index in [2.05, 4.69) is 54.2 Å². The lowest BCUT2D eigenvalue weighted by molar-refractivity contribution is 0.412. The van der Waals surface area contributed by atoms with Crippen molar-refractivity contribution in [1.82, 2.24) is 5.32 Å². The highest BCUT2D eigenvalue weighted by atomic mass is 32.1. The van der Waals surface area contributed by atoms with Crippen molar-refractivity contribution < 1.29 is 4.74 Å². The molecule has 1 unspecified atom stereocenters. The normalized spacial score (nSPS) is 12.6. The molecular formula is C18H25NOS. The van der Waals surface area contributed by atoms with E-state index in [1.165, 1.54) is 11.1 Å². The Hall–Kier alpha value is -1.32. The van der Waals surface area contributed by atoms with Crippen LogP contribution in [0.5, 0.6) is 5.75 Å². The molecule has 0 spiro atoms. The van der Waals surface area contributed by atoms with E-state index in [1.54, 1.807) is 18.4 Å². The first-order valence-electron chi connectivity index (χ1n) is 7.54. The summed E-state index contributed by atoms with van der Waals surface area (Å²) in [5.74, 6) is 1.55. The van der Waals surface area contributed by atoms with Gasteiger partial charge in [-0.3, -0.25) is 0 Å². The van der Waals surface area contributed by atoms with Gasteiger partial charge in [-0.15, -0.1) is 0 Å². The predicted octanol–water partition coefficient (Wildman–Crippen LogP) is 4.16. The summed E-state index contributed by atoms with van der Waals surface area (Å²) in [5.41, 5.74) is 2.79. The topological polar surface area (TPSA) is 21.3 Å². The molecule has 1 heterocycles. The summed E-state index contributed by atoms with van der Waals surface area (Å²) in [6, 6.07) is 11.2. The standard InChI is InChI=1S/C18H25NOS/c1-14(2)19-12-17(10-16-7-8-21-13-16)9-15-5-4-6-18(11-15)20-3/h4-8,11,13-14,17,19H,9-10,12H2,1-3H3. The zero-order valence-corrected chi connectivity index (χ0v) is 14.0. The average Bonchev–Trinajstić information content (AvgIpc) is 2.98. The van der Waals surface area contributed by atoms with Crippen LogP contribution < -0.4 is 10.1 Å². The van der Waals surface area contributed by atoms with E-state index in [4.69, 9.17) is 4.74 Å². The Morgan fingerprint density at radius 3 is 2.62 bits per heavy atom. The maximum Gasteiger partial charge on any atom is 0.119 e. The second kappa shape index (κ2) is 8.20. The minimum atomic E-state index is 0.528. The van der Waals surface area contributed by atoms with Crippen molar-refractivity contribution in [3.05, 3.63) is 52.2 Å². The van der Waals surface area contributed by atoms with E-state index in [9.17, 15) is 0 Å². The van der Waals surface area contributed by atoms with Crippen molar-refractivity contribution in [2.45, 2.75) is 32.7 Å². The van der Waals surface area contributed by atoms with Crippen LogP contribution >= 0.6 is 11.3 Å². The van der Waals surface area contributed by atoms with E-state index in [0.717, 1.165) is 25.1 Å². The maximum absolute atomic E-state index is 5.33. The highest BCUT2D eigenvalue weighted by Crippen LogP contribution is 2.19. The van der Waals surface area contributed by atoms with Gasteiger partial charge in [0, 0.05) is 6.04 Å². The maximum atomic E-state index is 5.33. The van der Waals surface area contributed by atoms with Crippen molar-refractivity contribution >= 4 is 11.3 Å². The molecule has 2 nitrogen and oxygen atoms in total. The van der Waals surface area contributed by atoms with Gasteiger partial charge >= 0.3 is 0 Å². The minimum absolute atomic E-state index is 0.528. The number of thiophene rings is 1.